The third-order valence-corrected chi connectivity index (χ3v) is 8.48. The van der Waals surface area contributed by atoms with Crippen LogP contribution >= 0.6 is 22.7 Å². The summed E-state index contributed by atoms with van der Waals surface area (Å²) in [7, 11) is 0. The molecule has 1 fully saturated rings. The Morgan fingerprint density at radius 1 is 1.05 bits per heavy atom. The molecule has 2 aromatic heterocycles. The fourth-order valence-electron chi connectivity index (χ4n) is 4.64. The molecule has 6 nitrogen and oxygen atoms in total. The van der Waals surface area contributed by atoms with E-state index in [1.807, 2.05) is 37.3 Å². The van der Waals surface area contributed by atoms with E-state index in [1.165, 1.54) is 11.3 Å². The van der Waals surface area contributed by atoms with Crippen molar-refractivity contribution in [3.8, 4) is 5.75 Å². The molecule has 0 radical (unpaired) electrons. The number of Topliss-reactive ketones (excluding diaryl/α,β-unsaturated/α-hetero) is 1. The molecule has 0 spiro atoms. The van der Waals surface area contributed by atoms with Gasteiger partial charge in [0.2, 0.25) is 0 Å². The minimum Gasteiger partial charge on any atom is -0.507 e. The maximum Gasteiger partial charge on any atom is 0.301 e. The van der Waals surface area contributed by atoms with Crippen molar-refractivity contribution >= 4 is 55.5 Å². The lowest BCUT2D eigenvalue weighted by atomic mass is 9.99. The minimum atomic E-state index is -0.997. The summed E-state index contributed by atoms with van der Waals surface area (Å²) in [6.07, 6.45) is 0. The summed E-state index contributed by atoms with van der Waals surface area (Å²) < 4.78 is 34.4. The van der Waals surface area contributed by atoms with Gasteiger partial charge in [-0.15, -0.1) is 11.3 Å². The Morgan fingerprint density at radius 2 is 1.85 bits per heavy atom. The predicted octanol–water partition coefficient (Wildman–Crippen LogP) is 7.15. The highest BCUT2D eigenvalue weighted by atomic mass is 32.1. The van der Waals surface area contributed by atoms with Crippen LogP contribution in [0.1, 0.15) is 27.6 Å². The van der Waals surface area contributed by atoms with Gasteiger partial charge in [0.05, 0.1) is 10.3 Å². The molecular formula is C30H20F2N2O4S2. The van der Waals surface area contributed by atoms with E-state index < -0.39 is 29.4 Å². The number of thiazole rings is 1. The zero-order valence-corrected chi connectivity index (χ0v) is 22.6. The van der Waals surface area contributed by atoms with Gasteiger partial charge in [-0.25, -0.2) is 13.8 Å². The van der Waals surface area contributed by atoms with E-state index in [-0.39, 0.29) is 26.7 Å². The van der Waals surface area contributed by atoms with Crippen LogP contribution in [0.2, 0.25) is 0 Å². The topological polar surface area (TPSA) is 79.7 Å². The number of thiophene rings is 1. The van der Waals surface area contributed by atoms with Crippen LogP contribution < -0.4 is 9.64 Å². The normalized spacial score (nSPS) is 16.7. The lowest BCUT2D eigenvalue weighted by molar-refractivity contribution is -0.132. The zero-order chi connectivity index (χ0) is 28.0. The van der Waals surface area contributed by atoms with E-state index in [4.69, 9.17) is 4.74 Å². The van der Waals surface area contributed by atoms with Gasteiger partial charge < -0.3 is 9.84 Å². The van der Waals surface area contributed by atoms with Crippen LogP contribution in [0, 0.1) is 18.6 Å². The summed E-state index contributed by atoms with van der Waals surface area (Å²) in [5.41, 5.74) is 1.85. The van der Waals surface area contributed by atoms with Crippen LogP contribution in [-0.2, 0) is 16.2 Å². The van der Waals surface area contributed by atoms with E-state index in [0.29, 0.717) is 28.9 Å². The second-order valence-corrected chi connectivity index (χ2v) is 11.2. The van der Waals surface area contributed by atoms with Gasteiger partial charge in [0, 0.05) is 16.5 Å². The predicted molar refractivity (Wildman–Crippen MR) is 151 cm³/mol. The fourth-order valence-corrected chi connectivity index (χ4v) is 6.50. The average Bonchev–Trinajstić information content (AvgIpc) is 3.67. The third-order valence-electron chi connectivity index (χ3n) is 6.55. The van der Waals surface area contributed by atoms with Crippen molar-refractivity contribution in [2.75, 3.05) is 4.90 Å². The molecule has 5 aromatic rings. The molecule has 1 saturated heterocycles. The molecule has 1 N–H and O–H groups in total. The molecule has 40 heavy (non-hydrogen) atoms. The van der Waals surface area contributed by atoms with Gasteiger partial charge in [-0.05, 0) is 53.8 Å². The lowest BCUT2D eigenvalue weighted by Crippen LogP contribution is -2.28. The summed E-state index contributed by atoms with van der Waals surface area (Å²) in [4.78, 5) is 32.7. The third kappa shape index (κ3) is 4.55. The summed E-state index contributed by atoms with van der Waals surface area (Å²) in [5, 5.41) is 13.2. The number of hydrogen-bond donors (Lipinski definition) is 1. The van der Waals surface area contributed by atoms with Gasteiger partial charge in [0.15, 0.2) is 10.9 Å². The van der Waals surface area contributed by atoms with Crippen molar-refractivity contribution < 1.29 is 28.2 Å². The first-order valence-electron chi connectivity index (χ1n) is 12.2. The number of carbonyl (C=O) groups excluding carboxylic acids is 2. The highest BCUT2D eigenvalue weighted by Crippen LogP contribution is 2.46. The maximum absolute atomic E-state index is 14.4. The van der Waals surface area contributed by atoms with Gasteiger partial charge in [-0.3, -0.25) is 14.5 Å². The molecule has 3 aromatic carbocycles. The molecule has 10 heteroatoms. The van der Waals surface area contributed by atoms with Crippen molar-refractivity contribution in [1.82, 2.24) is 4.98 Å². The maximum atomic E-state index is 14.4. The van der Waals surface area contributed by atoms with E-state index in [2.05, 4.69) is 4.98 Å². The van der Waals surface area contributed by atoms with Crippen LogP contribution in [0.25, 0.3) is 16.0 Å². The number of rotatable bonds is 6. The number of amides is 1. The van der Waals surface area contributed by atoms with Crippen molar-refractivity contribution in [2.45, 2.75) is 19.6 Å². The highest BCUT2D eigenvalue weighted by Gasteiger charge is 2.48. The number of aliphatic hydroxyl groups is 1. The number of hydrogen-bond acceptors (Lipinski definition) is 7. The average molecular weight is 575 g/mol. The van der Waals surface area contributed by atoms with Gasteiger partial charge in [0.1, 0.15) is 35.5 Å². The molecule has 1 unspecified atom stereocenters. The standard InChI is InChI=1S/C30H20F2N2O4S2/c1-16-12-18(9-10-21(16)38-15-17-6-3-2-4-7-17)27(35)24-26(22-8-5-11-39-22)34(29(37)28(24)36)30-33-25-20(32)13-19(31)14-23(25)40-30/h2-14,26,35H,15H2,1H3/b27-24+. The number of ketones is 1. The van der Waals surface area contributed by atoms with Crippen molar-refractivity contribution in [3.63, 3.8) is 0 Å². The Kier molecular flexibility index (Phi) is 6.65. The number of fused-ring (bicyclic) bond motifs is 1. The summed E-state index contributed by atoms with van der Waals surface area (Å²) >= 11 is 2.19. The van der Waals surface area contributed by atoms with Crippen molar-refractivity contribution in [3.05, 3.63) is 117 Å². The highest BCUT2D eigenvalue weighted by molar-refractivity contribution is 7.22. The molecule has 200 valence electrons. The number of nitrogens with zero attached hydrogens (tertiary/aromatic N) is 2. The minimum absolute atomic E-state index is 0.0277. The van der Waals surface area contributed by atoms with Gasteiger partial charge in [-0.1, -0.05) is 47.7 Å². The van der Waals surface area contributed by atoms with E-state index in [0.717, 1.165) is 33.4 Å². The zero-order valence-electron chi connectivity index (χ0n) is 20.9. The van der Waals surface area contributed by atoms with Gasteiger partial charge in [0.25, 0.3) is 5.78 Å². The summed E-state index contributed by atoms with van der Waals surface area (Å²) in [6.45, 7) is 2.18. The fraction of sp³-hybridized carbons (Fsp3) is 0.100. The summed E-state index contributed by atoms with van der Waals surface area (Å²) in [5.74, 6) is -3.20. The molecule has 6 rings (SSSR count). The van der Waals surface area contributed by atoms with Crippen molar-refractivity contribution in [1.29, 1.82) is 0 Å². The van der Waals surface area contributed by atoms with Crippen LogP contribution in [-0.4, -0.2) is 21.8 Å². The number of halogens is 2. The van der Waals surface area contributed by atoms with Crippen LogP contribution in [0.15, 0.2) is 83.7 Å². The van der Waals surface area contributed by atoms with E-state index >= 15 is 0 Å². The Morgan fingerprint density at radius 3 is 2.58 bits per heavy atom. The van der Waals surface area contributed by atoms with Crippen LogP contribution in [0.5, 0.6) is 5.75 Å². The van der Waals surface area contributed by atoms with E-state index in [1.54, 1.807) is 35.7 Å². The first-order chi connectivity index (χ1) is 19.3. The van der Waals surface area contributed by atoms with Crippen LogP contribution in [0.4, 0.5) is 13.9 Å². The molecule has 3 heterocycles. The number of benzene rings is 3. The Hall–Kier alpha value is -4.41. The summed E-state index contributed by atoms with van der Waals surface area (Å²) in [6, 6.07) is 19.0. The molecular weight excluding hydrogens is 554 g/mol. The molecule has 1 aliphatic heterocycles. The largest absolute Gasteiger partial charge is 0.507 e. The first kappa shape index (κ1) is 25.8. The Bertz CT molecular complexity index is 1800. The molecule has 0 aliphatic carbocycles. The second kappa shape index (κ2) is 10.3. The monoisotopic (exact) mass is 574 g/mol. The molecule has 1 atom stereocenters. The second-order valence-electron chi connectivity index (χ2n) is 9.17. The number of anilines is 1. The molecule has 0 saturated carbocycles. The number of ether oxygens (including phenoxy) is 1. The number of aliphatic hydroxyl groups excluding tert-OH is 1. The van der Waals surface area contributed by atoms with Gasteiger partial charge in [-0.2, -0.15) is 0 Å². The first-order valence-corrected chi connectivity index (χ1v) is 13.9. The number of aryl methyl sites for hydroxylation is 1. The number of carbonyl (C=O) groups is 2. The smallest absolute Gasteiger partial charge is 0.301 e. The van der Waals surface area contributed by atoms with E-state index in [9.17, 15) is 23.5 Å². The Labute approximate surface area is 235 Å². The Balaban J connectivity index is 1.40. The van der Waals surface area contributed by atoms with Crippen molar-refractivity contribution in [2.24, 2.45) is 0 Å². The SMILES string of the molecule is Cc1cc(/C(O)=C2\C(=O)C(=O)N(c3nc4c(F)cc(F)cc4s3)C2c2cccs2)ccc1OCc1ccccc1. The lowest BCUT2D eigenvalue weighted by Gasteiger charge is -2.21. The molecule has 1 amide bonds. The van der Waals surface area contributed by atoms with Crippen LogP contribution in [0.3, 0.4) is 0 Å². The number of aromatic nitrogens is 1. The quantitative estimate of drug-likeness (QED) is 0.132. The van der Waals surface area contributed by atoms with Gasteiger partial charge >= 0.3 is 5.91 Å². The molecule has 1 aliphatic rings. The molecule has 0 bridgehead atoms.